The molecule has 4 aliphatic rings. The normalized spacial score (nSPS) is 21.2. The van der Waals surface area contributed by atoms with Crippen molar-refractivity contribution in [2.45, 2.75) is 137 Å². The first-order chi connectivity index (χ1) is 26.5. The summed E-state index contributed by atoms with van der Waals surface area (Å²) in [4.78, 5) is 0. The molecule has 0 radical (unpaired) electrons. The van der Waals surface area contributed by atoms with E-state index in [4.69, 9.17) is 17.0 Å². The van der Waals surface area contributed by atoms with Gasteiger partial charge in [-0.3, -0.25) is 0 Å². The van der Waals surface area contributed by atoms with Gasteiger partial charge in [0.25, 0.3) is 0 Å². The standard InChI is InChI=1S/2C25H29.C2H7Si.2ClH.Zr/c2*1-25(2,3)22-13-11-20(12-14-22)23-10-6-9-21-16-19(17-24(21)23)15-18-7-4-5-8-18;1-3-2;;;/h2*6,9-14,16-18H,4-5,7-8,15H2,1-3H3;3H,1-2H3;2*1H;/q;;;;;+2/p-2. The monoisotopic (exact) mass is 877 g/mol. The zero-order chi connectivity index (χ0) is 39.6. The van der Waals surface area contributed by atoms with E-state index in [1.54, 1.807) is 11.1 Å². The Labute approximate surface area is 348 Å². The van der Waals surface area contributed by atoms with E-state index in [2.05, 4.69) is 152 Å². The van der Waals surface area contributed by atoms with Gasteiger partial charge in [-0.15, -0.1) is 0 Å². The third-order valence-corrected chi connectivity index (χ3v) is 66.5. The summed E-state index contributed by atoms with van der Waals surface area (Å²) in [7, 11) is 18.1. The second-order valence-electron chi connectivity index (χ2n) is 20.7. The summed E-state index contributed by atoms with van der Waals surface area (Å²) in [5, 5.41) is 0. The second kappa shape index (κ2) is 15.3. The Bertz CT molecular complexity index is 2000. The van der Waals surface area contributed by atoms with Crippen LogP contribution in [0.2, 0.25) is 13.1 Å². The molecule has 0 spiro atoms. The van der Waals surface area contributed by atoms with Gasteiger partial charge < -0.3 is 0 Å². The van der Waals surface area contributed by atoms with Gasteiger partial charge in [0.15, 0.2) is 0 Å². The van der Waals surface area contributed by atoms with E-state index in [1.807, 2.05) is 0 Å². The quantitative estimate of drug-likeness (QED) is 0.147. The number of allylic oxidation sites excluding steroid dienone is 2. The van der Waals surface area contributed by atoms with Crippen LogP contribution in [0.1, 0.15) is 146 Å². The Morgan fingerprint density at radius 1 is 0.536 bits per heavy atom. The maximum absolute atomic E-state index is 9.05. The van der Waals surface area contributed by atoms with Crippen LogP contribution in [0, 0.1) is 11.8 Å². The van der Waals surface area contributed by atoms with Crippen molar-refractivity contribution in [2.24, 2.45) is 11.8 Å². The molecule has 0 aromatic heterocycles. The van der Waals surface area contributed by atoms with Gasteiger partial charge >= 0.3 is 351 Å². The Morgan fingerprint density at radius 3 is 1.21 bits per heavy atom. The van der Waals surface area contributed by atoms with Crippen LogP contribution in [-0.4, -0.2) is 5.92 Å². The van der Waals surface area contributed by atoms with Gasteiger partial charge in [0.2, 0.25) is 0 Å². The first-order valence-corrected chi connectivity index (χ1v) is 38.3. The first kappa shape index (κ1) is 40.8. The van der Waals surface area contributed by atoms with Crippen molar-refractivity contribution in [3.05, 3.63) is 129 Å². The Morgan fingerprint density at radius 2 is 0.893 bits per heavy atom. The van der Waals surface area contributed by atoms with Crippen LogP contribution >= 0.6 is 17.0 Å². The van der Waals surface area contributed by atoms with Crippen LogP contribution in [0.5, 0.6) is 0 Å². The fourth-order valence-electron chi connectivity index (χ4n) is 11.3. The molecule has 4 aliphatic carbocycles. The SMILES string of the molecule is C[SiH](C)[Zr]([Cl])([Cl])([CH]1C(CC2CCCC2)=Cc2c(-c3ccc(C(C)(C)C)cc3)cccc21)[CH]1C(CC2CCCC2)=Cc2c(-c3ccc(C(C)(C)C)cc3)cccc21. The predicted molar refractivity (Wildman–Crippen MR) is 246 cm³/mol. The average Bonchev–Trinajstić information content (AvgIpc) is 3.98. The Hall–Kier alpha value is -1.96. The third-order valence-electron chi connectivity index (χ3n) is 14.6. The molecule has 8 rings (SSSR count). The minimum absolute atomic E-state index is 0.118. The molecule has 0 saturated heterocycles. The maximum atomic E-state index is 9.05. The summed E-state index contributed by atoms with van der Waals surface area (Å²) in [5.74, 6) is -0.237. The molecule has 0 bridgehead atoms. The van der Waals surface area contributed by atoms with Crippen molar-refractivity contribution >= 4 is 35.1 Å². The summed E-state index contributed by atoms with van der Waals surface area (Å²) in [6, 6.07) is 32.9. The molecule has 295 valence electrons. The summed E-state index contributed by atoms with van der Waals surface area (Å²) in [5.41, 5.74) is 17.0. The molecule has 2 saturated carbocycles. The number of fused-ring (bicyclic) bond motifs is 2. The van der Waals surface area contributed by atoms with Gasteiger partial charge in [0.1, 0.15) is 0 Å². The van der Waals surface area contributed by atoms with Gasteiger partial charge in [0.05, 0.1) is 0 Å². The Kier molecular flexibility index (Phi) is 11.1. The van der Waals surface area contributed by atoms with Crippen LogP contribution in [0.25, 0.3) is 34.4 Å². The predicted octanol–water partition coefficient (Wildman–Crippen LogP) is 16.3. The second-order valence-corrected chi connectivity index (χ2v) is 63.2. The average molecular weight is 880 g/mol. The number of benzene rings is 4. The molecule has 0 heterocycles. The van der Waals surface area contributed by atoms with Gasteiger partial charge in [0, 0.05) is 0 Å². The number of halogens is 2. The minimum atomic E-state index is -4.97. The molecule has 4 aromatic carbocycles. The van der Waals surface area contributed by atoms with Crippen LogP contribution in [0.3, 0.4) is 0 Å². The van der Waals surface area contributed by atoms with Crippen LogP contribution in [0.4, 0.5) is 0 Å². The van der Waals surface area contributed by atoms with Crippen molar-refractivity contribution in [3.63, 3.8) is 0 Å². The molecule has 0 aliphatic heterocycles. The van der Waals surface area contributed by atoms with E-state index in [0.717, 1.165) is 24.7 Å². The molecule has 0 nitrogen and oxygen atoms in total. The molecule has 0 N–H and O–H groups in total. The molecular weight excluding hydrogens is 815 g/mol. The van der Waals surface area contributed by atoms with E-state index in [1.165, 1.54) is 107 Å². The van der Waals surface area contributed by atoms with E-state index in [0.29, 0.717) is 0 Å². The van der Waals surface area contributed by atoms with E-state index >= 15 is 0 Å². The topological polar surface area (TPSA) is 0 Å². The van der Waals surface area contributed by atoms with E-state index < -0.39 is 21.5 Å². The number of hydrogen-bond acceptors (Lipinski definition) is 0. The van der Waals surface area contributed by atoms with Gasteiger partial charge in [-0.1, -0.05) is 0 Å². The Balaban J connectivity index is 1.31. The zero-order valence-corrected chi connectivity index (χ0v) is 40.6. The van der Waals surface area contributed by atoms with Gasteiger partial charge in [-0.2, -0.15) is 0 Å². The first-order valence-electron chi connectivity index (χ1n) is 22.0. The van der Waals surface area contributed by atoms with E-state index in [9.17, 15) is 0 Å². The molecule has 56 heavy (non-hydrogen) atoms. The summed E-state index contributed by atoms with van der Waals surface area (Å²) in [6.07, 6.45) is 18.2. The van der Waals surface area contributed by atoms with Crippen molar-refractivity contribution < 1.29 is 15.6 Å². The number of hydrogen-bond donors (Lipinski definition) is 0. The van der Waals surface area contributed by atoms with Crippen molar-refractivity contribution in [3.8, 4) is 22.3 Å². The molecule has 2 unspecified atom stereocenters. The van der Waals surface area contributed by atoms with Gasteiger partial charge in [-0.05, 0) is 0 Å². The van der Waals surface area contributed by atoms with Gasteiger partial charge in [-0.25, -0.2) is 0 Å². The zero-order valence-electron chi connectivity index (χ0n) is 35.5. The molecule has 2 atom stereocenters. The van der Waals surface area contributed by atoms with E-state index in [-0.39, 0.29) is 18.1 Å². The van der Waals surface area contributed by atoms with Crippen molar-refractivity contribution in [2.75, 3.05) is 0 Å². The van der Waals surface area contributed by atoms with Crippen LogP contribution < -0.4 is 0 Å². The fraction of sp³-hybridized carbons (Fsp3) is 0.462. The molecule has 0 amide bonds. The summed E-state index contributed by atoms with van der Waals surface area (Å²) >= 11 is -4.97. The number of rotatable bonds is 9. The molecular formula is C52H65Cl2SiZr. The summed E-state index contributed by atoms with van der Waals surface area (Å²) in [6.45, 7) is 18.9. The van der Waals surface area contributed by atoms with Crippen LogP contribution in [0.15, 0.2) is 96.1 Å². The summed E-state index contributed by atoms with van der Waals surface area (Å²) < 4.78 is 0.266. The van der Waals surface area contributed by atoms with Crippen molar-refractivity contribution in [1.29, 1.82) is 0 Å². The van der Waals surface area contributed by atoms with Crippen molar-refractivity contribution in [1.82, 2.24) is 0 Å². The molecule has 4 aromatic rings. The molecule has 2 fully saturated rings. The molecule has 4 heteroatoms. The fourth-order valence-corrected chi connectivity index (χ4v) is 42.7. The van der Waals surface area contributed by atoms with Crippen LogP contribution in [-0.2, 0) is 26.4 Å². The third kappa shape index (κ3) is 7.33.